The minimum Gasteiger partial charge on any atom is -0.384 e. The van der Waals surface area contributed by atoms with Gasteiger partial charge in [-0.3, -0.25) is 4.79 Å². The van der Waals surface area contributed by atoms with E-state index in [0.29, 0.717) is 18.2 Å². The van der Waals surface area contributed by atoms with Gasteiger partial charge < -0.3 is 10.6 Å². The molecule has 0 unspecified atom stereocenters. The lowest BCUT2D eigenvalue weighted by Gasteiger charge is -2.25. The van der Waals surface area contributed by atoms with Crippen LogP contribution in [0.3, 0.4) is 0 Å². The van der Waals surface area contributed by atoms with Crippen molar-refractivity contribution >= 4 is 31.5 Å². The molecule has 0 aliphatic heterocycles. The minimum absolute atomic E-state index is 0.00964. The Bertz CT molecular complexity index is 1020. The first-order valence-corrected chi connectivity index (χ1v) is 14.2. The van der Waals surface area contributed by atoms with E-state index in [-0.39, 0.29) is 34.7 Å². The van der Waals surface area contributed by atoms with E-state index in [2.05, 4.69) is 15.4 Å². The smallest absolute Gasteiger partial charge is 0.242 e. The summed E-state index contributed by atoms with van der Waals surface area (Å²) in [6.45, 7) is 4.34. The van der Waals surface area contributed by atoms with Crippen molar-refractivity contribution in [1.29, 1.82) is 0 Å². The van der Waals surface area contributed by atoms with E-state index in [1.165, 1.54) is 37.5 Å². The van der Waals surface area contributed by atoms with E-state index in [0.717, 1.165) is 24.5 Å². The molecule has 10 heteroatoms. The highest BCUT2D eigenvalue weighted by atomic mass is 32.2. The number of hydrogen-bond acceptors (Lipinski definition) is 6. The monoisotopic (exact) mass is 471 g/mol. The van der Waals surface area contributed by atoms with Crippen molar-refractivity contribution in [3.05, 3.63) is 18.2 Å². The van der Waals surface area contributed by atoms with Gasteiger partial charge >= 0.3 is 0 Å². The number of anilines is 1. The van der Waals surface area contributed by atoms with Crippen molar-refractivity contribution in [2.75, 3.05) is 31.2 Å². The Morgan fingerprint density at radius 2 is 1.84 bits per heavy atom. The van der Waals surface area contributed by atoms with Crippen molar-refractivity contribution in [1.82, 2.24) is 10.0 Å². The molecule has 31 heavy (non-hydrogen) atoms. The Kier molecular flexibility index (Phi) is 7.32. The van der Waals surface area contributed by atoms with Crippen LogP contribution in [0.4, 0.5) is 5.69 Å². The van der Waals surface area contributed by atoms with E-state index >= 15 is 0 Å². The van der Waals surface area contributed by atoms with Gasteiger partial charge in [0.1, 0.15) is 4.90 Å². The summed E-state index contributed by atoms with van der Waals surface area (Å²) < 4.78 is 52.3. The predicted octanol–water partition coefficient (Wildman–Crippen LogP) is 1.99. The highest BCUT2D eigenvalue weighted by Crippen LogP contribution is 2.51. The fraction of sp³-hybridized carbons (Fsp3) is 0.667. The Balaban J connectivity index is 1.69. The fourth-order valence-electron chi connectivity index (χ4n) is 3.95. The van der Waals surface area contributed by atoms with Crippen LogP contribution in [0.25, 0.3) is 0 Å². The highest BCUT2D eigenvalue weighted by Gasteiger charge is 2.44. The van der Waals surface area contributed by atoms with E-state index in [9.17, 15) is 21.6 Å². The first-order chi connectivity index (χ1) is 14.5. The van der Waals surface area contributed by atoms with Crippen LogP contribution in [0.1, 0.15) is 39.5 Å². The van der Waals surface area contributed by atoms with Crippen molar-refractivity contribution in [3.63, 3.8) is 0 Å². The molecule has 3 rings (SSSR count). The lowest BCUT2D eigenvalue weighted by Crippen LogP contribution is -2.36. The number of benzene rings is 1. The predicted molar refractivity (Wildman–Crippen MR) is 120 cm³/mol. The second kappa shape index (κ2) is 9.46. The van der Waals surface area contributed by atoms with Crippen LogP contribution in [0.15, 0.2) is 28.0 Å². The number of sulfone groups is 1. The standard InChI is InChI=1S/C21H33N3O5S2/c1-14(2)21(25)22-9-10-24-31(28,29)20-12-17(30(3,26)27)7-8-19(20)23-13-16-11-18(16)15-5-4-6-15/h7-8,12,14-16,18,23-24H,4-6,9-11,13H2,1-3H3,(H,22,25)/t16-,18-/m0/s1. The van der Waals surface area contributed by atoms with Crippen LogP contribution in [0.5, 0.6) is 0 Å². The summed E-state index contributed by atoms with van der Waals surface area (Å²) >= 11 is 0. The van der Waals surface area contributed by atoms with E-state index in [4.69, 9.17) is 0 Å². The second-order valence-electron chi connectivity index (χ2n) is 9.01. The molecule has 3 N–H and O–H groups in total. The Morgan fingerprint density at radius 3 is 2.42 bits per heavy atom. The fourth-order valence-corrected chi connectivity index (χ4v) is 5.91. The van der Waals surface area contributed by atoms with Crippen LogP contribution in [-0.2, 0) is 24.7 Å². The van der Waals surface area contributed by atoms with Gasteiger partial charge in [0, 0.05) is 31.8 Å². The number of hydrogen-bond donors (Lipinski definition) is 3. The normalized spacial score (nSPS) is 21.5. The SMILES string of the molecule is CC(C)C(=O)NCCNS(=O)(=O)c1cc(S(C)(=O)=O)ccc1NC[C@@H]1C[C@H]1C1CCC1. The Hall–Kier alpha value is -1.65. The van der Waals surface area contributed by atoms with Gasteiger partial charge in [-0.15, -0.1) is 0 Å². The first-order valence-electron chi connectivity index (χ1n) is 10.8. The molecule has 8 nitrogen and oxygen atoms in total. The van der Waals surface area contributed by atoms with Crippen LogP contribution in [0, 0.1) is 23.7 Å². The molecule has 2 aliphatic carbocycles. The third kappa shape index (κ3) is 6.20. The van der Waals surface area contributed by atoms with E-state index in [1.807, 2.05) is 0 Å². The largest absolute Gasteiger partial charge is 0.384 e. The average Bonchev–Trinajstić information content (AvgIpc) is 3.39. The highest BCUT2D eigenvalue weighted by molar-refractivity contribution is 7.91. The number of carbonyl (C=O) groups excluding carboxylic acids is 1. The van der Waals surface area contributed by atoms with Gasteiger partial charge in [0.15, 0.2) is 9.84 Å². The van der Waals surface area contributed by atoms with Crippen molar-refractivity contribution in [3.8, 4) is 0 Å². The summed E-state index contributed by atoms with van der Waals surface area (Å²) in [5.41, 5.74) is 0.394. The summed E-state index contributed by atoms with van der Waals surface area (Å²) in [5.74, 6) is 1.72. The summed E-state index contributed by atoms with van der Waals surface area (Å²) in [6, 6.07) is 4.14. The maximum absolute atomic E-state index is 12.9. The quantitative estimate of drug-likeness (QED) is 0.424. The summed E-state index contributed by atoms with van der Waals surface area (Å²) in [4.78, 5) is 11.5. The molecule has 0 aromatic heterocycles. The molecule has 2 atom stereocenters. The van der Waals surface area contributed by atoms with Crippen LogP contribution < -0.4 is 15.4 Å². The zero-order valence-electron chi connectivity index (χ0n) is 18.3. The van der Waals surface area contributed by atoms with Crippen LogP contribution in [-0.4, -0.2) is 48.6 Å². The molecule has 0 saturated heterocycles. The third-order valence-electron chi connectivity index (χ3n) is 6.20. The molecular weight excluding hydrogens is 438 g/mol. The second-order valence-corrected chi connectivity index (χ2v) is 12.8. The van der Waals surface area contributed by atoms with Crippen LogP contribution in [0.2, 0.25) is 0 Å². The third-order valence-corrected chi connectivity index (χ3v) is 8.81. The molecule has 0 spiro atoms. The molecule has 1 aromatic rings. The molecular formula is C21H33N3O5S2. The molecule has 1 aromatic carbocycles. The molecule has 0 bridgehead atoms. The molecule has 0 heterocycles. The van der Waals surface area contributed by atoms with Gasteiger partial charge in [0.05, 0.1) is 10.6 Å². The molecule has 0 radical (unpaired) electrons. The topological polar surface area (TPSA) is 121 Å². The molecule has 2 fully saturated rings. The lowest BCUT2D eigenvalue weighted by molar-refractivity contribution is -0.123. The zero-order chi connectivity index (χ0) is 22.8. The number of carbonyl (C=O) groups is 1. The summed E-state index contributed by atoms with van der Waals surface area (Å²) in [5, 5.41) is 5.89. The maximum Gasteiger partial charge on any atom is 0.242 e. The van der Waals surface area contributed by atoms with Crippen molar-refractivity contribution < 1.29 is 21.6 Å². The molecule has 174 valence electrons. The Labute approximate surface area is 185 Å². The van der Waals surface area contributed by atoms with Crippen molar-refractivity contribution in [2.45, 2.75) is 49.3 Å². The van der Waals surface area contributed by atoms with Crippen molar-refractivity contribution in [2.24, 2.45) is 23.7 Å². The molecule has 1 amide bonds. The zero-order valence-corrected chi connectivity index (χ0v) is 20.0. The number of amides is 1. The first kappa shape index (κ1) is 24.0. The molecule has 2 aliphatic rings. The maximum atomic E-state index is 12.9. The molecule has 2 saturated carbocycles. The van der Waals surface area contributed by atoms with Gasteiger partial charge in [-0.1, -0.05) is 33.1 Å². The lowest BCUT2D eigenvalue weighted by atomic mass is 9.81. The number of nitrogens with one attached hydrogen (secondary N) is 3. The average molecular weight is 472 g/mol. The number of rotatable bonds is 11. The van der Waals surface area contributed by atoms with Gasteiger partial charge in [0.25, 0.3) is 0 Å². The van der Waals surface area contributed by atoms with Gasteiger partial charge in [-0.2, -0.15) is 0 Å². The van der Waals surface area contributed by atoms with Gasteiger partial charge in [0.2, 0.25) is 15.9 Å². The summed E-state index contributed by atoms with van der Waals surface area (Å²) in [6.07, 6.45) is 6.10. The van der Waals surface area contributed by atoms with Gasteiger partial charge in [-0.25, -0.2) is 21.6 Å². The minimum atomic E-state index is -3.97. The van der Waals surface area contributed by atoms with Crippen LogP contribution >= 0.6 is 0 Å². The van der Waals surface area contributed by atoms with E-state index in [1.54, 1.807) is 13.8 Å². The number of sulfonamides is 1. The Morgan fingerprint density at radius 1 is 1.13 bits per heavy atom. The van der Waals surface area contributed by atoms with Gasteiger partial charge in [-0.05, 0) is 42.4 Å². The van der Waals surface area contributed by atoms with E-state index < -0.39 is 19.9 Å². The summed E-state index contributed by atoms with van der Waals surface area (Å²) in [7, 11) is -7.53.